The summed E-state index contributed by atoms with van der Waals surface area (Å²) >= 11 is 4.85. The zero-order chi connectivity index (χ0) is 12.1. The number of nitrogens with two attached hydrogens (primary N) is 1. The molecular formula is C11H21N3OS. The van der Waals surface area contributed by atoms with E-state index in [0.717, 1.165) is 31.8 Å². The third-order valence-electron chi connectivity index (χ3n) is 3.12. The first-order chi connectivity index (χ1) is 7.50. The summed E-state index contributed by atoms with van der Waals surface area (Å²) in [5, 5.41) is 2.87. The highest BCUT2D eigenvalue weighted by atomic mass is 32.1. The largest absolute Gasteiger partial charge is 0.393 e. The van der Waals surface area contributed by atoms with Gasteiger partial charge >= 0.3 is 6.03 Å². The minimum Gasteiger partial charge on any atom is -0.393 e. The minimum absolute atomic E-state index is 0.00926. The van der Waals surface area contributed by atoms with Crippen molar-refractivity contribution in [1.29, 1.82) is 0 Å². The molecule has 0 bridgehead atoms. The maximum atomic E-state index is 11.8. The molecule has 1 fully saturated rings. The lowest BCUT2D eigenvalue weighted by molar-refractivity contribution is 0.173. The van der Waals surface area contributed by atoms with Gasteiger partial charge in [0.25, 0.3) is 0 Å². The van der Waals surface area contributed by atoms with Crippen LogP contribution >= 0.6 is 12.2 Å². The predicted octanol–water partition coefficient (Wildman–Crippen LogP) is 1.35. The average Bonchev–Trinajstić information content (AvgIpc) is 2.26. The molecule has 0 aliphatic carbocycles. The van der Waals surface area contributed by atoms with Gasteiger partial charge in [0.15, 0.2) is 0 Å². The van der Waals surface area contributed by atoms with E-state index in [0.29, 0.717) is 11.5 Å². The molecule has 0 radical (unpaired) electrons. The number of amides is 2. The zero-order valence-electron chi connectivity index (χ0n) is 10.0. The van der Waals surface area contributed by atoms with E-state index in [-0.39, 0.29) is 11.9 Å². The first kappa shape index (κ1) is 13.2. The summed E-state index contributed by atoms with van der Waals surface area (Å²) < 4.78 is 0. The number of likely N-dealkylation sites (tertiary alicyclic amines) is 1. The van der Waals surface area contributed by atoms with Gasteiger partial charge in [0.05, 0.1) is 4.99 Å². The van der Waals surface area contributed by atoms with Crippen LogP contribution in [0.5, 0.6) is 0 Å². The molecule has 0 spiro atoms. The minimum atomic E-state index is 0.00926. The van der Waals surface area contributed by atoms with Crippen molar-refractivity contribution in [3.63, 3.8) is 0 Å². The Bertz CT molecular complexity index is 262. The molecule has 1 atom stereocenters. The van der Waals surface area contributed by atoms with Crippen molar-refractivity contribution < 1.29 is 4.79 Å². The molecule has 1 aliphatic rings. The van der Waals surface area contributed by atoms with Crippen molar-refractivity contribution in [3.8, 4) is 0 Å². The van der Waals surface area contributed by atoms with Crippen LogP contribution in [0.1, 0.15) is 26.7 Å². The number of thiocarbonyl (C=S) groups is 1. The normalized spacial score (nSPS) is 19.2. The number of nitrogens with zero attached hydrogens (tertiary/aromatic N) is 1. The number of carbonyl (C=O) groups excluding carboxylic acids is 1. The summed E-state index contributed by atoms with van der Waals surface area (Å²) in [6.45, 7) is 6.38. The van der Waals surface area contributed by atoms with E-state index in [1.54, 1.807) is 0 Å². The van der Waals surface area contributed by atoms with Crippen LogP contribution in [0.15, 0.2) is 0 Å². The van der Waals surface area contributed by atoms with Crippen molar-refractivity contribution in [1.82, 2.24) is 10.2 Å². The molecule has 2 amide bonds. The fourth-order valence-corrected chi connectivity index (χ4v) is 1.75. The number of carbonyl (C=O) groups is 1. The highest BCUT2D eigenvalue weighted by molar-refractivity contribution is 7.80. The molecule has 16 heavy (non-hydrogen) atoms. The van der Waals surface area contributed by atoms with E-state index in [4.69, 9.17) is 18.0 Å². The predicted molar refractivity (Wildman–Crippen MR) is 69.3 cm³/mol. The summed E-state index contributed by atoms with van der Waals surface area (Å²) in [7, 11) is 0. The lowest BCUT2D eigenvalue weighted by atomic mass is 10.00. The van der Waals surface area contributed by atoms with Gasteiger partial charge in [0, 0.05) is 25.6 Å². The van der Waals surface area contributed by atoms with Crippen LogP contribution in [-0.2, 0) is 0 Å². The summed E-state index contributed by atoms with van der Waals surface area (Å²) in [4.78, 5) is 14.1. The lowest BCUT2D eigenvalue weighted by Crippen LogP contribution is -2.46. The Morgan fingerprint density at radius 1 is 1.56 bits per heavy atom. The van der Waals surface area contributed by atoms with Gasteiger partial charge in [-0.25, -0.2) is 4.79 Å². The van der Waals surface area contributed by atoms with Gasteiger partial charge in [-0.1, -0.05) is 26.1 Å². The van der Waals surface area contributed by atoms with Crippen LogP contribution in [-0.4, -0.2) is 35.6 Å². The molecule has 0 aromatic heterocycles. The fraction of sp³-hybridized carbons (Fsp3) is 0.818. The van der Waals surface area contributed by atoms with Crippen LogP contribution < -0.4 is 11.1 Å². The van der Waals surface area contributed by atoms with Gasteiger partial charge in [-0.05, 0) is 18.8 Å². The highest BCUT2D eigenvalue weighted by Crippen LogP contribution is 2.15. The maximum absolute atomic E-state index is 11.8. The molecule has 1 unspecified atom stereocenters. The number of hydrogen-bond acceptors (Lipinski definition) is 2. The van der Waals surface area contributed by atoms with Gasteiger partial charge in [-0.2, -0.15) is 0 Å². The summed E-state index contributed by atoms with van der Waals surface area (Å²) in [5.74, 6) is 0.794. The molecular weight excluding hydrogens is 222 g/mol. The van der Waals surface area contributed by atoms with Crippen LogP contribution in [0.4, 0.5) is 4.79 Å². The van der Waals surface area contributed by atoms with Crippen molar-refractivity contribution in [2.45, 2.75) is 26.7 Å². The Morgan fingerprint density at radius 2 is 2.12 bits per heavy atom. The Morgan fingerprint density at radius 3 is 2.62 bits per heavy atom. The molecule has 0 aromatic carbocycles. The smallest absolute Gasteiger partial charge is 0.317 e. The molecule has 1 heterocycles. The van der Waals surface area contributed by atoms with Crippen molar-refractivity contribution in [2.24, 2.45) is 17.6 Å². The monoisotopic (exact) mass is 243 g/mol. The van der Waals surface area contributed by atoms with E-state index >= 15 is 0 Å². The molecule has 0 saturated carbocycles. The Labute approximate surface area is 103 Å². The second-order valence-electron chi connectivity index (χ2n) is 4.66. The quantitative estimate of drug-likeness (QED) is 0.736. The number of rotatable bonds is 3. The SMILES string of the molecule is CC1CCN(C(=O)NCC(C)C(N)=S)CC1. The van der Waals surface area contributed by atoms with Crippen LogP contribution in [0, 0.1) is 11.8 Å². The number of piperidine rings is 1. The number of nitrogens with one attached hydrogen (secondary N) is 1. The van der Waals surface area contributed by atoms with Crippen LogP contribution in [0.2, 0.25) is 0 Å². The Kier molecular flexibility index (Phi) is 4.99. The van der Waals surface area contributed by atoms with Gasteiger partial charge in [-0.3, -0.25) is 0 Å². The molecule has 1 saturated heterocycles. The Balaban J connectivity index is 2.27. The molecule has 5 heteroatoms. The maximum Gasteiger partial charge on any atom is 0.317 e. The molecule has 92 valence electrons. The molecule has 4 nitrogen and oxygen atoms in total. The molecule has 3 N–H and O–H groups in total. The summed E-state index contributed by atoms with van der Waals surface area (Å²) in [6.07, 6.45) is 2.19. The van der Waals surface area contributed by atoms with Gasteiger partial charge in [0.1, 0.15) is 0 Å². The standard InChI is InChI=1S/C11H21N3OS/c1-8-3-5-14(6-4-8)11(15)13-7-9(2)10(12)16/h8-9H,3-7H2,1-2H3,(H2,12,16)(H,13,15). The fourth-order valence-electron chi connectivity index (χ4n) is 1.66. The number of hydrogen-bond donors (Lipinski definition) is 2. The third kappa shape index (κ3) is 3.96. The summed E-state index contributed by atoms with van der Waals surface area (Å²) in [5.41, 5.74) is 5.49. The van der Waals surface area contributed by atoms with Crippen LogP contribution in [0.3, 0.4) is 0 Å². The molecule has 1 rings (SSSR count). The second-order valence-corrected chi connectivity index (χ2v) is 5.13. The Hall–Kier alpha value is -0.840. The van der Waals surface area contributed by atoms with E-state index in [2.05, 4.69) is 12.2 Å². The number of urea groups is 1. The topological polar surface area (TPSA) is 58.4 Å². The summed E-state index contributed by atoms with van der Waals surface area (Å²) in [6, 6.07) is 0.00926. The lowest BCUT2D eigenvalue weighted by Gasteiger charge is -2.30. The first-order valence-corrected chi connectivity index (χ1v) is 6.23. The van der Waals surface area contributed by atoms with Crippen molar-refractivity contribution in [3.05, 3.63) is 0 Å². The molecule has 1 aliphatic heterocycles. The van der Waals surface area contributed by atoms with Gasteiger partial charge in [-0.15, -0.1) is 0 Å². The van der Waals surface area contributed by atoms with E-state index in [1.807, 2.05) is 11.8 Å². The third-order valence-corrected chi connectivity index (χ3v) is 3.52. The van der Waals surface area contributed by atoms with Crippen LogP contribution in [0.25, 0.3) is 0 Å². The van der Waals surface area contributed by atoms with E-state index in [1.165, 1.54) is 0 Å². The highest BCUT2D eigenvalue weighted by Gasteiger charge is 2.20. The van der Waals surface area contributed by atoms with Gasteiger partial charge < -0.3 is 16.0 Å². The van der Waals surface area contributed by atoms with E-state index < -0.39 is 0 Å². The second kappa shape index (κ2) is 6.03. The average molecular weight is 243 g/mol. The van der Waals surface area contributed by atoms with Crippen molar-refractivity contribution >= 4 is 23.2 Å². The first-order valence-electron chi connectivity index (χ1n) is 5.82. The van der Waals surface area contributed by atoms with Crippen molar-refractivity contribution in [2.75, 3.05) is 19.6 Å². The zero-order valence-corrected chi connectivity index (χ0v) is 10.8. The van der Waals surface area contributed by atoms with E-state index in [9.17, 15) is 4.79 Å². The van der Waals surface area contributed by atoms with Gasteiger partial charge in [0.2, 0.25) is 0 Å². The molecule has 0 aromatic rings.